The van der Waals surface area contributed by atoms with E-state index in [-0.39, 0.29) is 11.7 Å². The summed E-state index contributed by atoms with van der Waals surface area (Å²) in [6.45, 7) is 4.90. The van der Waals surface area contributed by atoms with Crippen molar-refractivity contribution >= 4 is 34.9 Å². The van der Waals surface area contributed by atoms with Crippen LogP contribution in [0.2, 0.25) is 0 Å². The van der Waals surface area contributed by atoms with Crippen LogP contribution in [0.5, 0.6) is 5.75 Å². The molecule has 3 aromatic rings. The second kappa shape index (κ2) is 9.23. The first kappa shape index (κ1) is 19.0. The number of amides is 1. The fourth-order valence-electron chi connectivity index (χ4n) is 2.26. The molecular weight excluding hydrogens is 360 g/mol. The van der Waals surface area contributed by atoms with E-state index in [1.54, 1.807) is 6.21 Å². The number of carbonyl (C=O) groups is 1. The summed E-state index contributed by atoms with van der Waals surface area (Å²) in [4.78, 5) is 19.5. The molecule has 140 valence electrons. The van der Waals surface area contributed by atoms with Gasteiger partial charge in [-0.3, -0.25) is 4.79 Å². The third-order valence-electron chi connectivity index (χ3n) is 3.57. The lowest BCUT2D eigenvalue weighted by Crippen LogP contribution is -2.19. The number of thioether (sulfide) groups is 1. The van der Waals surface area contributed by atoms with Gasteiger partial charge in [0.1, 0.15) is 5.75 Å². The zero-order chi connectivity index (χ0) is 19.1. The summed E-state index contributed by atoms with van der Waals surface area (Å²) < 4.78 is 5.64. The molecule has 0 saturated carbocycles. The number of H-pyrrole nitrogens is 1. The molecule has 0 radical (unpaired) electrons. The minimum absolute atomic E-state index is 0.186. The minimum Gasteiger partial charge on any atom is -0.493 e. The van der Waals surface area contributed by atoms with Gasteiger partial charge in [0.25, 0.3) is 5.91 Å². The first-order valence-corrected chi connectivity index (χ1v) is 9.71. The number of hydrazone groups is 1. The smallest absolute Gasteiger partial charge is 0.250 e. The van der Waals surface area contributed by atoms with Crippen LogP contribution in [0.4, 0.5) is 0 Å². The van der Waals surface area contributed by atoms with Gasteiger partial charge < -0.3 is 9.72 Å². The van der Waals surface area contributed by atoms with E-state index in [4.69, 9.17) is 4.74 Å². The van der Waals surface area contributed by atoms with Crippen LogP contribution in [0.1, 0.15) is 19.4 Å². The largest absolute Gasteiger partial charge is 0.493 e. The number of nitrogens with zero attached hydrogens (tertiary/aromatic N) is 2. The molecule has 2 aromatic carbocycles. The van der Waals surface area contributed by atoms with Gasteiger partial charge in [-0.1, -0.05) is 37.7 Å². The fraction of sp³-hybridized carbons (Fsp3) is 0.250. The van der Waals surface area contributed by atoms with E-state index >= 15 is 0 Å². The molecule has 0 aliphatic rings. The predicted molar refractivity (Wildman–Crippen MR) is 109 cm³/mol. The van der Waals surface area contributed by atoms with Crippen LogP contribution in [-0.2, 0) is 4.79 Å². The van der Waals surface area contributed by atoms with E-state index in [1.807, 2.05) is 48.5 Å². The van der Waals surface area contributed by atoms with Gasteiger partial charge in [0.2, 0.25) is 0 Å². The molecule has 2 N–H and O–H groups in total. The quantitative estimate of drug-likeness (QED) is 0.352. The van der Waals surface area contributed by atoms with Crippen molar-refractivity contribution < 1.29 is 9.53 Å². The molecule has 0 saturated heterocycles. The van der Waals surface area contributed by atoms with Crippen molar-refractivity contribution in [2.45, 2.75) is 19.0 Å². The van der Waals surface area contributed by atoms with Crippen LogP contribution in [0.25, 0.3) is 11.0 Å². The minimum atomic E-state index is -0.186. The van der Waals surface area contributed by atoms with Crippen LogP contribution < -0.4 is 10.2 Å². The Morgan fingerprint density at radius 2 is 2.04 bits per heavy atom. The van der Waals surface area contributed by atoms with Gasteiger partial charge in [-0.15, -0.1) is 0 Å². The molecule has 0 fully saturated rings. The number of benzene rings is 2. The second-order valence-electron chi connectivity index (χ2n) is 6.41. The molecule has 1 amide bonds. The molecule has 3 rings (SSSR count). The van der Waals surface area contributed by atoms with Gasteiger partial charge in [-0.05, 0) is 47.9 Å². The Balaban J connectivity index is 1.44. The number of fused-ring (bicyclic) bond motifs is 1. The number of nitrogens with one attached hydrogen (secondary N) is 2. The van der Waals surface area contributed by atoms with Gasteiger partial charge in [-0.25, -0.2) is 10.4 Å². The van der Waals surface area contributed by atoms with Gasteiger partial charge in [0, 0.05) is 0 Å². The normalized spacial score (nSPS) is 11.4. The second-order valence-corrected chi connectivity index (χ2v) is 7.38. The zero-order valence-corrected chi connectivity index (χ0v) is 16.1. The van der Waals surface area contributed by atoms with Gasteiger partial charge in [0.05, 0.1) is 29.6 Å². The topological polar surface area (TPSA) is 79.4 Å². The summed E-state index contributed by atoms with van der Waals surface area (Å²) in [6.07, 6.45) is 1.61. The highest BCUT2D eigenvalue weighted by atomic mass is 32.2. The van der Waals surface area contributed by atoms with Crippen molar-refractivity contribution in [2.75, 3.05) is 12.4 Å². The Labute approximate surface area is 162 Å². The van der Waals surface area contributed by atoms with E-state index in [1.165, 1.54) is 11.8 Å². The molecule has 7 heteroatoms. The van der Waals surface area contributed by atoms with Crippen LogP contribution in [0.3, 0.4) is 0 Å². The number of hydrogen-bond donors (Lipinski definition) is 2. The summed E-state index contributed by atoms with van der Waals surface area (Å²) in [5.74, 6) is 1.36. The van der Waals surface area contributed by atoms with Crippen molar-refractivity contribution in [3.05, 3.63) is 54.1 Å². The van der Waals surface area contributed by atoms with Crippen molar-refractivity contribution in [3.8, 4) is 5.75 Å². The molecule has 0 atom stereocenters. The summed E-state index contributed by atoms with van der Waals surface area (Å²) >= 11 is 1.34. The number of imidazole rings is 1. The lowest BCUT2D eigenvalue weighted by atomic mass is 10.2. The van der Waals surface area contributed by atoms with E-state index in [2.05, 4.69) is 34.3 Å². The average Bonchev–Trinajstić information content (AvgIpc) is 3.09. The Morgan fingerprint density at radius 1 is 1.26 bits per heavy atom. The van der Waals surface area contributed by atoms with Crippen molar-refractivity contribution in [1.82, 2.24) is 15.4 Å². The summed E-state index contributed by atoms with van der Waals surface area (Å²) in [5, 5.41) is 4.71. The highest BCUT2D eigenvalue weighted by Crippen LogP contribution is 2.18. The first-order chi connectivity index (χ1) is 13.1. The van der Waals surface area contributed by atoms with Crippen LogP contribution >= 0.6 is 11.8 Å². The lowest BCUT2D eigenvalue weighted by molar-refractivity contribution is -0.118. The van der Waals surface area contributed by atoms with Gasteiger partial charge in [0.15, 0.2) is 5.16 Å². The van der Waals surface area contributed by atoms with Crippen molar-refractivity contribution in [1.29, 1.82) is 0 Å². The van der Waals surface area contributed by atoms with Crippen LogP contribution in [0.15, 0.2) is 58.8 Å². The first-order valence-electron chi connectivity index (χ1n) is 8.72. The number of para-hydroxylation sites is 2. The maximum Gasteiger partial charge on any atom is 0.250 e. The molecule has 1 aromatic heterocycles. The summed E-state index contributed by atoms with van der Waals surface area (Å²) in [6, 6.07) is 15.3. The third kappa shape index (κ3) is 5.86. The Kier molecular flexibility index (Phi) is 6.49. The molecule has 0 aliphatic carbocycles. The average molecular weight is 382 g/mol. The molecule has 0 unspecified atom stereocenters. The van der Waals surface area contributed by atoms with E-state index in [0.29, 0.717) is 17.7 Å². The molecule has 1 heterocycles. The molecule has 0 aliphatic heterocycles. The molecule has 27 heavy (non-hydrogen) atoms. The monoisotopic (exact) mass is 382 g/mol. The Bertz CT molecular complexity index is 886. The van der Waals surface area contributed by atoms with Crippen molar-refractivity contribution in [2.24, 2.45) is 11.0 Å². The molecule has 0 spiro atoms. The number of rotatable bonds is 8. The highest BCUT2D eigenvalue weighted by molar-refractivity contribution is 7.99. The maximum absolute atomic E-state index is 11.9. The standard InChI is InChI=1S/C20H22N4O2S/c1-14(2)12-26-16-9-7-15(8-10-16)11-21-24-19(25)13-27-20-22-17-5-3-4-6-18(17)23-20/h3-11,14H,12-13H2,1-2H3,(H,22,23)(H,24,25)/b21-11+. The SMILES string of the molecule is CC(C)COc1ccc(/C=N/NC(=O)CSc2nc3ccccc3[nH]2)cc1. The predicted octanol–water partition coefficient (Wildman–Crippen LogP) is 3.84. The van der Waals surface area contributed by atoms with Crippen LogP contribution in [-0.4, -0.2) is 34.4 Å². The zero-order valence-electron chi connectivity index (χ0n) is 15.3. The van der Waals surface area contributed by atoms with E-state index < -0.39 is 0 Å². The van der Waals surface area contributed by atoms with E-state index in [0.717, 1.165) is 22.3 Å². The number of hydrogen-bond acceptors (Lipinski definition) is 5. The maximum atomic E-state index is 11.9. The number of aromatic amines is 1. The number of carbonyl (C=O) groups excluding carboxylic acids is 1. The Morgan fingerprint density at radius 3 is 2.78 bits per heavy atom. The number of aromatic nitrogens is 2. The molecule has 6 nitrogen and oxygen atoms in total. The fourth-order valence-corrected chi connectivity index (χ4v) is 2.93. The van der Waals surface area contributed by atoms with Gasteiger partial charge >= 0.3 is 0 Å². The van der Waals surface area contributed by atoms with Crippen molar-refractivity contribution in [3.63, 3.8) is 0 Å². The van der Waals surface area contributed by atoms with E-state index in [9.17, 15) is 4.79 Å². The molecular formula is C20H22N4O2S. The third-order valence-corrected chi connectivity index (χ3v) is 4.45. The molecule has 0 bridgehead atoms. The van der Waals surface area contributed by atoms with Crippen LogP contribution in [0, 0.1) is 5.92 Å². The summed E-state index contributed by atoms with van der Waals surface area (Å²) in [5.41, 5.74) is 5.26. The van der Waals surface area contributed by atoms with Gasteiger partial charge in [-0.2, -0.15) is 5.10 Å². The highest BCUT2D eigenvalue weighted by Gasteiger charge is 2.06. The lowest BCUT2D eigenvalue weighted by Gasteiger charge is -2.08. The summed E-state index contributed by atoms with van der Waals surface area (Å²) in [7, 11) is 0. The Hall–Kier alpha value is -2.80. The number of ether oxygens (including phenoxy) is 1.